The minimum absolute atomic E-state index is 0.249. The SMILES string of the molecule is C/C=C/NC(Cl)=N/C=C(/C#N)CC. The average Bonchev–Trinajstić information content (AvgIpc) is 2.16. The van der Waals surface area contributed by atoms with Crippen molar-refractivity contribution in [2.45, 2.75) is 20.3 Å². The molecule has 0 amide bonds. The molecule has 0 unspecified atom stereocenters. The second kappa shape index (κ2) is 7.38. The van der Waals surface area contributed by atoms with Crippen LogP contribution in [0.1, 0.15) is 20.3 Å². The number of nitrogens with zero attached hydrogens (tertiary/aromatic N) is 2. The molecule has 3 nitrogen and oxygen atoms in total. The Morgan fingerprint density at radius 2 is 2.38 bits per heavy atom. The number of hydrogen-bond donors (Lipinski definition) is 1. The number of nitrogens with one attached hydrogen (secondary N) is 1. The summed E-state index contributed by atoms with van der Waals surface area (Å²) < 4.78 is 0. The first-order valence-electron chi connectivity index (χ1n) is 3.94. The Labute approximate surface area is 83.4 Å². The van der Waals surface area contributed by atoms with Crippen molar-refractivity contribution in [3.63, 3.8) is 0 Å². The zero-order valence-corrected chi connectivity index (χ0v) is 8.47. The van der Waals surface area contributed by atoms with Crippen LogP contribution in [0.4, 0.5) is 0 Å². The number of halogens is 1. The third-order valence-electron chi connectivity index (χ3n) is 1.23. The number of amidine groups is 1. The molecular weight excluding hydrogens is 186 g/mol. The second-order valence-electron chi connectivity index (χ2n) is 2.18. The monoisotopic (exact) mass is 197 g/mol. The summed E-state index contributed by atoms with van der Waals surface area (Å²) in [6, 6.07) is 2.01. The van der Waals surface area contributed by atoms with E-state index < -0.39 is 0 Å². The van der Waals surface area contributed by atoms with Crippen molar-refractivity contribution < 1.29 is 0 Å². The molecular formula is C9H12ClN3. The van der Waals surface area contributed by atoms with E-state index >= 15 is 0 Å². The van der Waals surface area contributed by atoms with Crippen LogP contribution in [-0.4, -0.2) is 5.29 Å². The van der Waals surface area contributed by atoms with E-state index in [2.05, 4.69) is 10.3 Å². The van der Waals surface area contributed by atoms with Gasteiger partial charge in [-0.05, 0) is 31.1 Å². The maximum Gasteiger partial charge on any atom is 0.199 e. The molecule has 70 valence electrons. The van der Waals surface area contributed by atoms with Gasteiger partial charge in [0.05, 0.1) is 6.07 Å². The van der Waals surface area contributed by atoms with E-state index in [1.54, 1.807) is 12.3 Å². The molecule has 0 heterocycles. The van der Waals surface area contributed by atoms with E-state index in [1.165, 1.54) is 6.20 Å². The zero-order chi connectivity index (χ0) is 10.1. The van der Waals surface area contributed by atoms with E-state index in [1.807, 2.05) is 19.9 Å². The maximum atomic E-state index is 8.55. The highest BCUT2D eigenvalue weighted by Gasteiger charge is 1.89. The molecule has 0 spiro atoms. The smallest absolute Gasteiger partial charge is 0.199 e. The minimum atomic E-state index is 0.249. The van der Waals surface area contributed by atoms with E-state index in [9.17, 15) is 0 Å². The molecule has 0 bridgehead atoms. The number of nitriles is 1. The Balaban J connectivity index is 4.24. The van der Waals surface area contributed by atoms with Crippen LogP contribution in [0.2, 0.25) is 0 Å². The van der Waals surface area contributed by atoms with Crippen LogP contribution in [0.5, 0.6) is 0 Å². The van der Waals surface area contributed by atoms with Crippen LogP contribution in [-0.2, 0) is 0 Å². The van der Waals surface area contributed by atoms with Crippen molar-refractivity contribution in [2.24, 2.45) is 4.99 Å². The molecule has 0 aromatic heterocycles. The van der Waals surface area contributed by atoms with Crippen molar-refractivity contribution in [1.82, 2.24) is 5.32 Å². The third kappa shape index (κ3) is 5.94. The number of aliphatic imine (C=N–C) groups is 1. The van der Waals surface area contributed by atoms with Crippen LogP contribution < -0.4 is 5.32 Å². The van der Waals surface area contributed by atoms with Gasteiger partial charge in [0, 0.05) is 11.8 Å². The summed E-state index contributed by atoms with van der Waals surface area (Å²) in [5.74, 6) is 0. The van der Waals surface area contributed by atoms with Crippen LogP contribution in [0.15, 0.2) is 29.0 Å². The molecule has 1 N–H and O–H groups in total. The largest absolute Gasteiger partial charge is 0.337 e. The average molecular weight is 198 g/mol. The van der Waals surface area contributed by atoms with E-state index in [0.717, 1.165) is 0 Å². The topological polar surface area (TPSA) is 48.2 Å². The van der Waals surface area contributed by atoms with Gasteiger partial charge in [-0.1, -0.05) is 13.0 Å². The first-order valence-corrected chi connectivity index (χ1v) is 4.32. The molecule has 0 aromatic rings. The quantitative estimate of drug-likeness (QED) is 0.327. The van der Waals surface area contributed by atoms with E-state index in [4.69, 9.17) is 16.9 Å². The Morgan fingerprint density at radius 1 is 1.69 bits per heavy atom. The zero-order valence-electron chi connectivity index (χ0n) is 7.71. The lowest BCUT2D eigenvalue weighted by Gasteiger charge is -1.93. The van der Waals surface area contributed by atoms with Gasteiger partial charge in [0.25, 0.3) is 0 Å². The summed E-state index contributed by atoms with van der Waals surface area (Å²) in [7, 11) is 0. The fourth-order valence-electron chi connectivity index (χ4n) is 0.523. The predicted octanol–water partition coefficient (Wildman–Crippen LogP) is 2.52. The van der Waals surface area contributed by atoms with Crippen molar-refractivity contribution in [1.29, 1.82) is 5.26 Å². The van der Waals surface area contributed by atoms with Crippen molar-refractivity contribution in [3.05, 3.63) is 24.0 Å². The predicted molar refractivity (Wildman–Crippen MR) is 55.2 cm³/mol. The van der Waals surface area contributed by atoms with Crippen LogP contribution >= 0.6 is 11.6 Å². The molecule has 13 heavy (non-hydrogen) atoms. The van der Waals surface area contributed by atoms with Gasteiger partial charge in [0.2, 0.25) is 0 Å². The minimum Gasteiger partial charge on any atom is -0.337 e. The highest BCUT2D eigenvalue weighted by molar-refractivity contribution is 6.64. The normalized spacial score (nSPS) is 13.1. The van der Waals surface area contributed by atoms with Gasteiger partial charge in [-0.2, -0.15) is 5.26 Å². The first kappa shape index (κ1) is 11.7. The summed E-state index contributed by atoms with van der Waals surface area (Å²) >= 11 is 5.65. The summed E-state index contributed by atoms with van der Waals surface area (Å²) in [5.41, 5.74) is 0.598. The molecule has 0 aliphatic heterocycles. The van der Waals surface area contributed by atoms with Gasteiger partial charge < -0.3 is 5.32 Å². The molecule has 0 radical (unpaired) electrons. The van der Waals surface area contributed by atoms with Crippen LogP contribution in [0.25, 0.3) is 0 Å². The van der Waals surface area contributed by atoms with E-state index in [0.29, 0.717) is 12.0 Å². The molecule has 0 saturated heterocycles. The number of allylic oxidation sites excluding steroid dienone is 2. The lowest BCUT2D eigenvalue weighted by molar-refractivity contribution is 1.13. The number of hydrogen-bond acceptors (Lipinski definition) is 2. The van der Waals surface area contributed by atoms with Gasteiger partial charge >= 0.3 is 0 Å². The van der Waals surface area contributed by atoms with Gasteiger partial charge in [-0.25, -0.2) is 4.99 Å². The van der Waals surface area contributed by atoms with Crippen LogP contribution in [0.3, 0.4) is 0 Å². The van der Waals surface area contributed by atoms with Gasteiger partial charge in [0.15, 0.2) is 5.29 Å². The summed E-state index contributed by atoms with van der Waals surface area (Å²) in [5, 5.41) is 11.5. The van der Waals surface area contributed by atoms with Gasteiger partial charge in [-0.15, -0.1) is 0 Å². The third-order valence-corrected chi connectivity index (χ3v) is 1.43. The summed E-state index contributed by atoms with van der Waals surface area (Å²) in [6.07, 6.45) is 5.58. The lowest BCUT2D eigenvalue weighted by Crippen LogP contribution is -2.08. The van der Waals surface area contributed by atoms with Crippen molar-refractivity contribution >= 4 is 16.9 Å². The molecule has 0 rings (SSSR count). The molecule has 0 saturated carbocycles. The lowest BCUT2D eigenvalue weighted by atomic mass is 10.2. The maximum absolute atomic E-state index is 8.55. The van der Waals surface area contributed by atoms with Crippen LogP contribution in [0, 0.1) is 11.3 Å². The fraction of sp³-hybridized carbons (Fsp3) is 0.333. The molecule has 0 atom stereocenters. The molecule has 0 aromatic carbocycles. The molecule has 0 aliphatic carbocycles. The molecule has 0 fully saturated rings. The summed E-state index contributed by atoms with van der Waals surface area (Å²) in [4.78, 5) is 3.84. The van der Waals surface area contributed by atoms with E-state index in [-0.39, 0.29) is 5.29 Å². The Hall–Kier alpha value is -1.27. The second-order valence-corrected chi connectivity index (χ2v) is 2.54. The number of rotatable bonds is 3. The Morgan fingerprint density at radius 3 is 2.85 bits per heavy atom. The van der Waals surface area contributed by atoms with Crippen molar-refractivity contribution in [3.8, 4) is 6.07 Å². The highest BCUT2D eigenvalue weighted by Crippen LogP contribution is 1.98. The van der Waals surface area contributed by atoms with Crippen molar-refractivity contribution in [2.75, 3.05) is 0 Å². The first-order chi connectivity index (χ1) is 6.24. The fourth-order valence-corrected chi connectivity index (χ4v) is 0.635. The standard InChI is InChI=1S/C9H12ClN3/c1-3-5-12-9(10)13-7-8(4-2)6-11/h3,5,7H,4H2,1-2H3,(H,12,13)/b5-3+,8-7+. The Kier molecular flexibility index (Phi) is 6.66. The highest BCUT2D eigenvalue weighted by atomic mass is 35.5. The van der Waals surface area contributed by atoms with Gasteiger partial charge in [0.1, 0.15) is 0 Å². The Bertz CT molecular complexity index is 271. The van der Waals surface area contributed by atoms with Gasteiger partial charge in [-0.3, -0.25) is 0 Å². The summed E-state index contributed by atoms with van der Waals surface area (Å²) in [6.45, 7) is 3.75. The molecule has 0 aliphatic rings. The molecule has 4 heteroatoms.